The summed E-state index contributed by atoms with van der Waals surface area (Å²) in [5.41, 5.74) is 2.76. The highest BCUT2D eigenvalue weighted by molar-refractivity contribution is 7.92. The number of aromatic nitrogens is 2. The summed E-state index contributed by atoms with van der Waals surface area (Å²) in [5, 5.41) is 6.99. The van der Waals surface area contributed by atoms with Crippen molar-refractivity contribution in [1.29, 1.82) is 0 Å². The summed E-state index contributed by atoms with van der Waals surface area (Å²) in [6, 6.07) is 11.6. The van der Waals surface area contributed by atoms with Crippen molar-refractivity contribution in [3.63, 3.8) is 0 Å². The van der Waals surface area contributed by atoms with E-state index in [4.69, 9.17) is 4.74 Å². The van der Waals surface area contributed by atoms with Crippen LogP contribution in [0.25, 0.3) is 11.1 Å². The Bertz CT molecular complexity index is 1340. The lowest BCUT2D eigenvalue weighted by Gasteiger charge is -2.14. The molecule has 3 aromatic rings. The van der Waals surface area contributed by atoms with Gasteiger partial charge in [-0.3, -0.25) is 14.3 Å². The van der Waals surface area contributed by atoms with Crippen molar-refractivity contribution in [3.8, 4) is 16.9 Å². The molecule has 0 atom stereocenters. The fraction of sp³-hybridized carbons (Fsp3) is 0.227. The monoisotopic (exact) mass is 454 g/mol. The Morgan fingerprint density at radius 2 is 1.88 bits per heavy atom. The second-order valence-electron chi connectivity index (χ2n) is 7.50. The molecular weight excluding hydrogens is 432 g/mol. The Balaban J connectivity index is 1.83. The summed E-state index contributed by atoms with van der Waals surface area (Å²) in [7, 11) is -2.62. The number of nitrogens with one attached hydrogen (secondary N) is 2. The van der Waals surface area contributed by atoms with Gasteiger partial charge in [0, 0.05) is 24.1 Å². The van der Waals surface area contributed by atoms with Gasteiger partial charge in [-0.05, 0) is 49.2 Å². The number of rotatable bonds is 5. The molecule has 0 fully saturated rings. The number of benzene rings is 2. The lowest BCUT2D eigenvalue weighted by molar-refractivity contribution is -0.116. The standard InChI is InChI=1S/C22H22N4O5S/c1-13-5-4-6-16(11-13)25-32(29,30)18-12-15(7-8-17(18)31-3)21-14(2)24-26-20(28)10-9-19(27)23-22(21)26/h4-8,11-12,25H,9-10H2,1-3H3,(H,23,27). The lowest BCUT2D eigenvalue weighted by Crippen LogP contribution is -2.14. The molecule has 0 unspecified atom stereocenters. The number of anilines is 2. The molecule has 1 amide bonds. The molecule has 1 aliphatic heterocycles. The molecule has 0 saturated heterocycles. The van der Waals surface area contributed by atoms with E-state index in [0.717, 1.165) is 5.56 Å². The minimum Gasteiger partial charge on any atom is -0.495 e. The SMILES string of the molecule is COc1ccc(-c2c(C)nn3c2NC(=O)CCC3=O)cc1S(=O)(=O)Nc1cccc(C)c1. The van der Waals surface area contributed by atoms with Crippen molar-refractivity contribution in [2.75, 3.05) is 17.1 Å². The molecular formula is C22H22N4O5S. The predicted octanol–water partition coefficient (Wildman–Crippen LogP) is 3.35. The van der Waals surface area contributed by atoms with Gasteiger partial charge in [-0.25, -0.2) is 8.42 Å². The van der Waals surface area contributed by atoms with Gasteiger partial charge >= 0.3 is 0 Å². The number of aryl methyl sites for hydroxylation is 2. The van der Waals surface area contributed by atoms with Crippen molar-refractivity contribution in [2.45, 2.75) is 31.6 Å². The fourth-order valence-electron chi connectivity index (χ4n) is 3.65. The maximum Gasteiger partial charge on any atom is 0.265 e. The number of nitrogens with zero attached hydrogens (tertiary/aromatic N) is 2. The van der Waals surface area contributed by atoms with Crippen LogP contribution in [-0.2, 0) is 14.8 Å². The van der Waals surface area contributed by atoms with Crippen LogP contribution in [0.1, 0.15) is 28.9 Å². The molecule has 4 rings (SSSR count). The van der Waals surface area contributed by atoms with Crippen LogP contribution in [0.4, 0.5) is 11.5 Å². The zero-order valence-electron chi connectivity index (χ0n) is 17.8. The third kappa shape index (κ3) is 3.96. The van der Waals surface area contributed by atoms with Crippen LogP contribution in [0.2, 0.25) is 0 Å². The van der Waals surface area contributed by atoms with E-state index in [1.807, 2.05) is 13.0 Å². The Kier molecular flexibility index (Phi) is 5.47. The molecule has 32 heavy (non-hydrogen) atoms. The molecule has 0 radical (unpaired) electrons. The normalized spacial score (nSPS) is 13.8. The van der Waals surface area contributed by atoms with Gasteiger partial charge in [0.15, 0.2) is 0 Å². The second-order valence-corrected chi connectivity index (χ2v) is 9.15. The molecule has 166 valence electrons. The van der Waals surface area contributed by atoms with Crippen LogP contribution >= 0.6 is 0 Å². The van der Waals surface area contributed by atoms with Crippen LogP contribution in [0, 0.1) is 13.8 Å². The zero-order valence-corrected chi connectivity index (χ0v) is 18.6. The maximum absolute atomic E-state index is 13.2. The van der Waals surface area contributed by atoms with E-state index in [-0.39, 0.29) is 41.1 Å². The van der Waals surface area contributed by atoms with E-state index in [9.17, 15) is 18.0 Å². The van der Waals surface area contributed by atoms with Gasteiger partial charge in [-0.2, -0.15) is 9.78 Å². The highest BCUT2D eigenvalue weighted by atomic mass is 32.2. The van der Waals surface area contributed by atoms with Gasteiger partial charge in [0.2, 0.25) is 11.8 Å². The lowest BCUT2D eigenvalue weighted by atomic mass is 10.1. The number of amides is 1. The van der Waals surface area contributed by atoms with E-state index in [2.05, 4.69) is 15.1 Å². The number of sulfonamides is 1. The molecule has 2 N–H and O–H groups in total. The minimum atomic E-state index is -4.01. The molecule has 1 aromatic heterocycles. The third-order valence-electron chi connectivity index (χ3n) is 5.13. The van der Waals surface area contributed by atoms with Crippen molar-refractivity contribution in [2.24, 2.45) is 0 Å². The Morgan fingerprint density at radius 1 is 1.09 bits per heavy atom. The Hall–Kier alpha value is -3.66. The molecule has 2 heterocycles. The van der Waals surface area contributed by atoms with Crippen molar-refractivity contribution in [3.05, 3.63) is 53.7 Å². The van der Waals surface area contributed by atoms with Gasteiger partial charge in [-0.1, -0.05) is 18.2 Å². The number of ether oxygens (including phenoxy) is 1. The van der Waals surface area contributed by atoms with Gasteiger partial charge in [-0.15, -0.1) is 0 Å². The molecule has 1 aliphatic rings. The van der Waals surface area contributed by atoms with E-state index in [1.165, 1.54) is 23.9 Å². The summed E-state index contributed by atoms with van der Waals surface area (Å²) in [5.74, 6) is -0.226. The van der Waals surface area contributed by atoms with E-state index < -0.39 is 10.0 Å². The average Bonchev–Trinajstić information content (AvgIpc) is 2.99. The topological polar surface area (TPSA) is 119 Å². The zero-order chi connectivity index (χ0) is 23.0. The van der Waals surface area contributed by atoms with Crippen LogP contribution < -0.4 is 14.8 Å². The smallest absolute Gasteiger partial charge is 0.265 e. The molecule has 9 nitrogen and oxygen atoms in total. The minimum absolute atomic E-state index is 0.0437. The molecule has 0 spiro atoms. The predicted molar refractivity (Wildman–Crippen MR) is 119 cm³/mol. The fourth-order valence-corrected chi connectivity index (χ4v) is 4.90. The number of hydrogen-bond acceptors (Lipinski definition) is 6. The molecule has 2 aromatic carbocycles. The maximum atomic E-state index is 13.2. The quantitative estimate of drug-likeness (QED) is 0.610. The molecule has 0 aliphatic carbocycles. The number of carbonyl (C=O) groups excluding carboxylic acids is 2. The second kappa shape index (κ2) is 8.12. The summed E-state index contributed by atoms with van der Waals surface area (Å²) >= 11 is 0. The van der Waals surface area contributed by atoms with Crippen molar-refractivity contribution < 1.29 is 22.7 Å². The molecule has 0 saturated carbocycles. The van der Waals surface area contributed by atoms with E-state index in [0.29, 0.717) is 22.5 Å². The van der Waals surface area contributed by atoms with Gasteiger partial charge < -0.3 is 10.1 Å². The summed E-state index contributed by atoms with van der Waals surface area (Å²) in [6.07, 6.45) is 0.103. The van der Waals surface area contributed by atoms with E-state index in [1.54, 1.807) is 31.2 Å². The number of carbonyl (C=O) groups is 2. The average molecular weight is 455 g/mol. The number of fused-ring (bicyclic) bond motifs is 1. The first-order valence-corrected chi connectivity index (χ1v) is 11.4. The summed E-state index contributed by atoms with van der Waals surface area (Å²) < 4.78 is 35.5. The van der Waals surface area contributed by atoms with Crippen molar-refractivity contribution in [1.82, 2.24) is 9.78 Å². The van der Waals surface area contributed by atoms with Crippen LogP contribution in [0.15, 0.2) is 47.4 Å². The number of hydrogen-bond donors (Lipinski definition) is 2. The number of methoxy groups -OCH3 is 1. The summed E-state index contributed by atoms with van der Waals surface area (Å²) in [4.78, 5) is 24.4. The van der Waals surface area contributed by atoms with Gasteiger partial charge in [0.1, 0.15) is 16.5 Å². The van der Waals surface area contributed by atoms with Gasteiger partial charge in [0.25, 0.3) is 10.0 Å². The van der Waals surface area contributed by atoms with Crippen LogP contribution in [0.5, 0.6) is 5.75 Å². The highest BCUT2D eigenvalue weighted by Crippen LogP contribution is 2.37. The first-order valence-electron chi connectivity index (χ1n) is 9.90. The van der Waals surface area contributed by atoms with Crippen LogP contribution in [0.3, 0.4) is 0 Å². The highest BCUT2D eigenvalue weighted by Gasteiger charge is 2.28. The van der Waals surface area contributed by atoms with Crippen molar-refractivity contribution >= 4 is 33.3 Å². The molecule has 10 heteroatoms. The Morgan fingerprint density at radius 3 is 2.59 bits per heavy atom. The summed E-state index contributed by atoms with van der Waals surface area (Å²) in [6.45, 7) is 3.56. The Labute approximate surface area is 185 Å². The first kappa shape index (κ1) is 21.6. The van der Waals surface area contributed by atoms with E-state index >= 15 is 0 Å². The molecule has 0 bridgehead atoms. The third-order valence-corrected chi connectivity index (χ3v) is 6.53. The van der Waals surface area contributed by atoms with Crippen LogP contribution in [-0.4, -0.2) is 37.1 Å². The largest absolute Gasteiger partial charge is 0.495 e. The first-order chi connectivity index (χ1) is 15.2. The van der Waals surface area contributed by atoms with Gasteiger partial charge in [0.05, 0.1) is 12.8 Å².